The van der Waals surface area contributed by atoms with Crippen LogP contribution in [0.5, 0.6) is 0 Å². The van der Waals surface area contributed by atoms with Gasteiger partial charge in [-0.3, -0.25) is 14.6 Å². The molecule has 4 rings (SSSR count). The quantitative estimate of drug-likeness (QED) is 0.346. The van der Waals surface area contributed by atoms with Crippen LogP contribution in [0.1, 0.15) is 26.7 Å². The van der Waals surface area contributed by atoms with Crippen molar-refractivity contribution in [2.24, 2.45) is 10.8 Å². The molecule has 0 spiro atoms. The molecule has 0 aromatic carbocycles. The van der Waals surface area contributed by atoms with Gasteiger partial charge < -0.3 is 25.5 Å². The Kier molecular flexibility index (Phi) is 5.00. The van der Waals surface area contributed by atoms with Crippen LogP contribution >= 0.6 is 0 Å². The van der Waals surface area contributed by atoms with Crippen LogP contribution in [-0.4, -0.2) is 104 Å². The maximum absolute atomic E-state index is 13.1. The fourth-order valence-corrected chi connectivity index (χ4v) is 5.14. The van der Waals surface area contributed by atoms with Crippen LogP contribution in [0.15, 0.2) is 0 Å². The predicted octanol–water partition coefficient (Wildman–Crippen LogP) is -2.24. The highest BCUT2D eigenvalue weighted by atomic mass is 16.4. The van der Waals surface area contributed by atoms with E-state index < -0.39 is 48.0 Å². The van der Waals surface area contributed by atoms with E-state index in [1.54, 1.807) is 0 Å². The Labute approximate surface area is 147 Å². The number of piperidine rings is 2. The molecule has 25 heavy (non-hydrogen) atoms. The standard InChI is InChI=1S/C17H30N2O6/c1-3-16-6-18-8-17(4-2,15(16)25)9-19(7-16)14(18)13(24)12(23)11(22)10(21)5-20/h10-14,20-24H,3-9H2,1-2H3/t10-,11-,12+,13-,14?,16?,17?/m1/s1. The van der Waals surface area contributed by atoms with Gasteiger partial charge in [-0.05, 0) is 12.8 Å². The molecule has 0 saturated carbocycles. The zero-order valence-corrected chi connectivity index (χ0v) is 14.9. The Morgan fingerprint density at radius 3 is 1.76 bits per heavy atom. The van der Waals surface area contributed by atoms with Gasteiger partial charge in [-0.2, -0.15) is 0 Å². The zero-order valence-electron chi connectivity index (χ0n) is 14.9. The fourth-order valence-electron chi connectivity index (χ4n) is 5.14. The van der Waals surface area contributed by atoms with Crippen molar-refractivity contribution in [3.05, 3.63) is 0 Å². The maximum atomic E-state index is 13.1. The highest BCUT2D eigenvalue weighted by Crippen LogP contribution is 2.51. The molecule has 144 valence electrons. The smallest absolute Gasteiger partial charge is 0.150 e. The molecule has 0 aromatic rings. The van der Waals surface area contributed by atoms with Gasteiger partial charge >= 0.3 is 0 Å². The molecule has 0 aliphatic carbocycles. The van der Waals surface area contributed by atoms with Crippen molar-refractivity contribution in [2.45, 2.75) is 57.3 Å². The molecule has 4 atom stereocenters. The number of carbonyl (C=O) groups excluding carboxylic acids is 1. The van der Waals surface area contributed by atoms with Crippen LogP contribution in [0.4, 0.5) is 0 Å². The number of ketones is 1. The summed E-state index contributed by atoms with van der Waals surface area (Å²) in [4.78, 5) is 17.1. The van der Waals surface area contributed by atoms with Gasteiger partial charge in [-0.25, -0.2) is 0 Å². The van der Waals surface area contributed by atoms with Crippen LogP contribution in [0, 0.1) is 10.8 Å². The number of carbonyl (C=O) groups is 1. The molecule has 4 bridgehead atoms. The second-order valence-electron chi connectivity index (χ2n) is 8.04. The lowest BCUT2D eigenvalue weighted by Crippen LogP contribution is -2.81. The molecule has 4 aliphatic heterocycles. The molecule has 4 aliphatic rings. The maximum Gasteiger partial charge on any atom is 0.150 e. The Morgan fingerprint density at radius 2 is 1.40 bits per heavy atom. The van der Waals surface area contributed by atoms with Crippen molar-refractivity contribution in [3.8, 4) is 0 Å². The average Bonchev–Trinajstić information content (AvgIpc) is 2.62. The molecular weight excluding hydrogens is 328 g/mol. The number of aliphatic hydroxyl groups excluding tert-OH is 5. The number of Topliss-reactive ketones (excluding diaryl/α,β-unsaturated/α-hetero) is 1. The summed E-state index contributed by atoms with van der Waals surface area (Å²) in [5, 5.41) is 49.4. The third-order valence-corrected chi connectivity index (χ3v) is 6.67. The summed E-state index contributed by atoms with van der Waals surface area (Å²) in [5.41, 5.74) is -0.867. The molecule has 0 aromatic heterocycles. The van der Waals surface area contributed by atoms with Gasteiger partial charge in [0.15, 0.2) is 0 Å². The summed E-state index contributed by atoms with van der Waals surface area (Å²) in [6.45, 7) is 5.47. The van der Waals surface area contributed by atoms with Crippen molar-refractivity contribution in [2.75, 3.05) is 32.8 Å². The van der Waals surface area contributed by atoms with E-state index in [-0.39, 0.29) is 0 Å². The normalized spacial score (nSPS) is 44.6. The Morgan fingerprint density at radius 1 is 0.960 bits per heavy atom. The summed E-state index contributed by atoms with van der Waals surface area (Å²) < 4.78 is 0. The SMILES string of the molecule is CCC12CN3CC(CC)(CN(C1)C3[C@H](O)[C@@H](O)[C@H](O)[C@H](O)CO)C2=O. The van der Waals surface area contributed by atoms with Crippen LogP contribution < -0.4 is 0 Å². The second kappa shape index (κ2) is 6.53. The van der Waals surface area contributed by atoms with Crippen molar-refractivity contribution in [1.82, 2.24) is 9.80 Å². The molecule has 4 saturated heterocycles. The molecular formula is C17H30N2O6. The lowest BCUT2D eigenvalue weighted by Gasteiger charge is -2.67. The highest BCUT2D eigenvalue weighted by molar-refractivity contribution is 5.93. The Balaban J connectivity index is 1.84. The minimum atomic E-state index is -1.64. The van der Waals surface area contributed by atoms with Gasteiger partial charge in [0.25, 0.3) is 0 Å². The van der Waals surface area contributed by atoms with Crippen LogP contribution in [0.25, 0.3) is 0 Å². The van der Waals surface area contributed by atoms with E-state index in [0.29, 0.717) is 32.0 Å². The summed E-state index contributed by atoms with van der Waals surface area (Å²) in [6.07, 6.45) is -5.10. The summed E-state index contributed by atoms with van der Waals surface area (Å²) in [6, 6.07) is 0. The van der Waals surface area contributed by atoms with Gasteiger partial charge in [-0.1, -0.05) is 13.8 Å². The van der Waals surface area contributed by atoms with Crippen molar-refractivity contribution >= 4 is 5.78 Å². The third-order valence-electron chi connectivity index (χ3n) is 6.67. The van der Waals surface area contributed by atoms with Crippen molar-refractivity contribution in [3.63, 3.8) is 0 Å². The monoisotopic (exact) mass is 358 g/mol. The molecule has 4 heterocycles. The number of hydrogen-bond acceptors (Lipinski definition) is 8. The molecule has 4 fully saturated rings. The number of aliphatic hydroxyl groups is 5. The number of hydrogen-bond donors (Lipinski definition) is 5. The number of rotatable bonds is 7. The Hall–Kier alpha value is -0.610. The predicted molar refractivity (Wildman–Crippen MR) is 88.5 cm³/mol. The third kappa shape index (κ3) is 2.66. The van der Waals surface area contributed by atoms with E-state index >= 15 is 0 Å². The highest BCUT2D eigenvalue weighted by Gasteiger charge is 2.65. The topological polar surface area (TPSA) is 125 Å². The first-order valence-electron chi connectivity index (χ1n) is 9.11. The van der Waals surface area contributed by atoms with Crippen molar-refractivity contribution < 1.29 is 30.3 Å². The van der Waals surface area contributed by atoms with Gasteiger partial charge in [0.1, 0.15) is 30.2 Å². The summed E-state index contributed by atoms with van der Waals surface area (Å²) in [5.74, 6) is 0.321. The fraction of sp³-hybridized carbons (Fsp3) is 0.941. The molecule has 0 radical (unpaired) electrons. The van der Waals surface area contributed by atoms with E-state index in [9.17, 15) is 25.2 Å². The number of nitrogens with zero attached hydrogens (tertiary/aromatic N) is 2. The van der Waals surface area contributed by atoms with Gasteiger partial charge in [0.2, 0.25) is 0 Å². The van der Waals surface area contributed by atoms with E-state index in [0.717, 1.165) is 12.8 Å². The van der Waals surface area contributed by atoms with E-state index in [4.69, 9.17) is 5.11 Å². The molecule has 0 amide bonds. The Bertz CT molecular complexity index is 487. The average molecular weight is 358 g/mol. The van der Waals surface area contributed by atoms with Gasteiger partial charge in [-0.15, -0.1) is 0 Å². The lowest BCUT2D eigenvalue weighted by atomic mass is 9.58. The van der Waals surface area contributed by atoms with Gasteiger partial charge in [0, 0.05) is 26.2 Å². The first-order chi connectivity index (χ1) is 11.7. The second-order valence-corrected chi connectivity index (χ2v) is 8.04. The van der Waals surface area contributed by atoms with Crippen LogP contribution in [-0.2, 0) is 4.79 Å². The van der Waals surface area contributed by atoms with Gasteiger partial charge in [0.05, 0.1) is 23.6 Å². The van der Waals surface area contributed by atoms with E-state index in [1.807, 2.05) is 23.6 Å². The molecule has 8 heteroatoms. The first kappa shape index (κ1) is 19.2. The molecule has 8 nitrogen and oxygen atoms in total. The van der Waals surface area contributed by atoms with Crippen LogP contribution in [0.2, 0.25) is 0 Å². The summed E-state index contributed by atoms with van der Waals surface area (Å²) in [7, 11) is 0. The largest absolute Gasteiger partial charge is 0.394 e. The minimum absolute atomic E-state index is 0.321. The first-order valence-corrected chi connectivity index (χ1v) is 9.11. The van der Waals surface area contributed by atoms with E-state index in [2.05, 4.69) is 0 Å². The zero-order chi connectivity index (χ0) is 18.6. The minimum Gasteiger partial charge on any atom is -0.394 e. The lowest BCUT2D eigenvalue weighted by molar-refractivity contribution is -0.234. The molecule has 5 N–H and O–H groups in total. The molecule has 0 unspecified atom stereocenters. The summed E-state index contributed by atoms with van der Waals surface area (Å²) >= 11 is 0. The van der Waals surface area contributed by atoms with E-state index in [1.165, 1.54) is 0 Å². The van der Waals surface area contributed by atoms with Crippen LogP contribution in [0.3, 0.4) is 0 Å². The van der Waals surface area contributed by atoms with Crippen molar-refractivity contribution in [1.29, 1.82) is 0 Å².